The molecule has 0 bridgehead atoms. The van der Waals surface area contributed by atoms with Crippen molar-refractivity contribution < 1.29 is 84.0 Å². The van der Waals surface area contributed by atoms with Gasteiger partial charge >= 0.3 is 30.3 Å². The highest BCUT2D eigenvalue weighted by Crippen LogP contribution is 2.34. The Morgan fingerprint density at radius 1 is 0.387 bits per heavy atom. The molecule has 26 nitrogen and oxygen atoms in total. The van der Waals surface area contributed by atoms with E-state index in [1.165, 1.54) is 60.7 Å². The largest absolute Gasteiger partial charge is 0.477 e. The molecule has 5 amide bonds. The van der Waals surface area contributed by atoms with Gasteiger partial charge in [0.25, 0.3) is 5.91 Å². The van der Waals surface area contributed by atoms with Gasteiger partial charge in [0.05, 0.1) is 58.4 Å². The Morgan fingerprint density at radius 2 is 0.748 bits per heavy atom. The van der Waals surface area contributed by atoms with E-state index in [1.54, 1.807) is 131 Å². The predicted octanol–water partition coefficient (Wildman–Crippen LogP) is 16.5. The molecule has 119 heavy (non-hydrogen) atoms. The zero-order chi connectivity index (χ0) is 86.8. The molecule has 0 aliphatic carbocycles. The molecule has 0 saturated carbocycles. The SMILES string of the molecule is CC(C)(C)OC(=O)N1CCN(c2ccc(C(=O)O)nc2)CC1.CC(C)(C)OC(=O)Nc1ccc(-c2cc(F)cc(F)c2)cc1N.CC(C)(C)OC(=O)Nc1ccc(-c2cc(F)cc(F)c2)cc1NC(=O)c1ccc(N2CCN(C(=O)OC(C)(C)C)CC2)cn1.Nc1ccc(-c2cc(F)cc(F)c2)cc1CC(=O)c1ccc(N2CCNCC2)cn1. The number of hydrogen-bond acceptors (Lipinski definition) is 20. The molecule has 9 aromatic rings. The van der Waals surface area contributed by atoms with Crippen LogP contribution < -0.4 is 47.4 Å². The molecule has 6 heterocycles. The van der Waals surface area contributed by atoms with Gasteiger partial charge in [0.15, 0.2) is 5.78 Å². The number of aromatic nitrogens is 3. The highest BCUT2D eigenvalue weighted by molar-refractivity contribution is 6.06. The third kappa shape index (κ3) is 27.8. The maximum Gasteiger partial charge on any atom is 0.412 e. The molecule has 630 valence electrons. The third-order valence-corrected chi connectivity index (χ3v) is 17.7. The van der Waals surface area contributed by atoms with E-state index in [1.807, 2.05) is 47.6 Å². The van der Waals surface area contributed by atoms with E-state index >= 15 is 0 Å². The van der Waals surface area contributed by atoms with Crippen molar-refractivity contribution in [1.82, 2.24) is 30.1 Å². The molecule has 3 fully saturated rings. The molecule has 0 radical (unpaired) electrons. The van der Waals surface area contributed by atoms with Crippen molar-refractivity contribution in [2.24, 2.45) is 0 Å². The van der Waals surface area contributed by atoms with Crippen molar-refractivity contribution in [3.05, 3.63) is 222 Å². The van der Waals surface area contributed by atoms with E-state index in [2.05, 4.69) is 50.9 Å². The minimum absolute atomic E-state index is 0.0242. The van der Waals surface area contributed by atoms with E-state index in [9.17, 15) is 59.9 Å². The average Bonchev–Trinajstić information content (AvgIpc) is 0.815. The summed E-state index contributed by atoms with van der Waals surface area (Å²) < 4.78 is 103. The molecule has 12 rings (SSSR count). The molecule has 32 heteroatoms. The maximum absolute atomic E-state index is 13.9. The van der Waals surface area contributed by atoms with Gasteiger partial charge in [-0.1, -0.05) is 18.2 Å². The number of hydrogen-bond donors (Lipinski definition) is 7. The fourth-order valence-corrected chi connectivity index (χ4v) is 12.2. The number of carboxylic acids is 1. The predicted molar refractivity (Wildman–Crippen MR) is 445 cm³/mol. The van der Waals surface area contributed by atoms with Crippen LogP contribution in [0, 0.1) is 34.9 Å². The Labute approximate surface area is 686 Å². The van der Waals surface area contributed by atoms with Gasteiger partial charge < -0.3 is 70.7 Å². The molecule has 9 N–H and O–H groups in total. The van der Waals surface area contributed by atoms with Gasteiger partial charge in [0.1, 0.15) is 74.4 Å². The monoisotopic (exact) mass is 1640 g/mol. The number of carboxylic acid groups (broad SMARTS) is 1. The summed E-state index contributed by atoms with van der Waals surface area (Å²) in [6.45, 7) is 29.6. The van der Waals surface area contributed by atoms with Crippen molar-refractivity contribution in [3.8, 4) is 33.4 Å². The minimum Gasteiger partial charge on any atom is -0.477 e. The number of pyridine rings is 3. The molecule has 3 aromatic heterocycles. The first-order valence-electron chi connectivity index (χ1n) is 38.1. The molecule has 6 aromatic carbocycles. The van der Waals surface area contributed by atoms with Gasteiger partial charge in [-0.3, -0.25) is 25.2 Å². The van der Waals surface area contributed by atoms with Gasteiger partial charge in [-0.05, 0) is 231 Å². The van der Waals surface area contributed by atoms with Crippen LogP contribution in [0.1, 0.15) is 120 Å². The fraction of sp³-hybridized carbons (Fsp3) is 0.333. The number of ketones is 1. The standard InChI is InChI=1S/C32H37F2N5O5.C23H22F2N4O.C17H18F2N2O2.C15H21N3O4/c1-31(2,3)43-29(41)37-25-9-7-20(21-15-22(33)18-23(34)16-21)17-27(25)36-28(40)26-10-8-24(19-35-26)38-11-13-39(14-12-38)30(42)44-32(4,5)6;24-18-10-16(11-19(25)13-18)15-1-3-21(26)17(9-15)12-23(30)22-4-2-20(14-28-22)29-7-5-27-6-8-29;1-17(2,3)23-16(22)21-15-5-4-10(8-14(15)20)11-6-12(18)9-13(19)7-11;1-15(2,3)22-14(21)18-8-6-17(7-9-18)11-4-5-12(13(19)20)16-10-11/h7-10,15-19H,11-14H2,1-6H3,(H,36,40)(H,37,41);1-4,9-11,13-14,27H,5-8,12,26H2;4-9H,20H2,1-3H3,(H,21,22);4-5,10H,6-9H2,1-3H3,(H,19,20). The highest BCUT2D eigenvalue weighted by Gasteiger charge is 2.30. The van der Waals surface area contributed by atoms with Crippen molar-refractivity contribution in [2.45, 2.75) is 112 Å². The van der Waals surface area contributed by atoms with E-state index in [0.29, 0.717) is 103 Å². The number of benzene rings is 6. The molecule has 0 spiro atoms. The van der Waals surface area contributed by atoms with E-state index in [0.717, 1.165) is 61.4 Å². The number of nitrogens with one attached hydrogen (secondary N) is 4. The van der Waals surface area contributed by atoms with Gasteiger partial charge in [-0.2, -0.15) is 0 Å². The van der Waals surface area contributed by atoms with Crippen molar-refractivity contribution >= 4 is 87.5 Å². The summed E-state index contributed by atoms with van der Waals surface area (Å²) in [5, 5.41) is 20.0. The molecule has 3 aliphatic rings. The number of nitrogens with zero attached hydrogens (tertiary/aromatic N) is 8. The number of Topliss-reactive ketones (excluding diaryl/α,β-unsaturated/α-hetero) is 1. The first-order chi connectivity index (χ1) is 55.9. The number of carbonyl (C=O) groups excluding carboxylic acids is 6. The van der Waals surface area contributed by atoms with Crippen LogP contribution in [0.2, 0.25) is 0 Å². The molecule has 3 saturated heterocycles. The number of rotatable bonds is 14. The summed E-state index contributed by atoms with van der Waals surface area (Å²) in [5.74, 6) is -5.95. The van der Waals surface area contributed by atoms with Crippen LogP contribution >= 0.6 is 0 Å². The number of carbonyl (C=O) groups is 7. The van der Waals surface area contributed by atoms with Crippen LogP contribution in [0.5, 0.6) is 0 Å². The Hall–Kier alpha value is -13.0. The van der Waals surface area contributed by atoms with Crippen molar-refractivity contribution in [1.29, 1.82) is 0 Å². The van der Waals surface area contributed by atoms with E-state index < -0.39 is 81.4 Å². The van der Waals surface area contributed by atoms with Crippen molar-refractivity contribution in [3.63, 3.8) is 0 Å². The summed E-state index contributed by atoms with van der Waals surface area (Å²) in [6, 6.07) is 34.1. The van der Waals surface area contributed by atoms with Crippen LogP contribution in [0.4, 0.5) is 91.0 Å². The topological polar surface area (TPSA) is 332 Å². The van der Waals surface area contributed by atoms with Crippen LogP contribution in [0.3, 0.4) is 0 Å². The quantitative estimate of drug-likeness (QED) is 0.0230. The number of nitrogen functional groups attached to an aromatic ring is 2. The van der Waals surface area contributed by atoms with Crippen LogP contribution in [0.25, 0.3) is 33.4 Å². The summed E-state index contributed by atoms with van der Waals surface area (Å²) in [6.07, 6.45) is 2.86. The molecule has 3 aliphatic heterocycles. The van der Waals surface area contributed by atoms with Gasteiger partial charge in [-0.25, -0.2) is 60.3 Å². The Morgan fingerprint density at radius 3 is 1.13 bits per heavy atom. The lowest BCUT2D eigenvalue weighted by molar-refractivity contribution is 0.0230. The van der Waals surface area contributed by atoms with Gasteiger partial charge in [0, 0.05) is 109 Å². The lowest BCUT2D eigenvalue weighted by Gasteiger charge is -2.36. The number of amides is 5. The second-order valence-corrected chi connectivity index (χ2v) is 31.9. The van der Waals surface area contributed by atoms with Crippen LogP contribution in [-0.2, 0) is 25.4 Å². The summed E-state index contributed by atoms with van der Waals surface area (Å²) in [7, 11) is 0. The molecule has 0 unspecified atom stereocenters. The molecular formula is C87H98F6N14O12. The Balaban J connectivity index is 0.000000189. The van der Waals surface area contributed by atoms with Crippen LogP contribution in [0.15, 0.2) is 164 Å². The summed E-state index contributed by atoms with van der Waals surface area (Å²) in [5.41, 5.74) is 17.2. The number of halogens is 6. The van der Waals surface area contributed by atoms with Crippen molar-refractivity contribution in [2.75, 3.05) is 121 Å². The second kappa shape index (κ2) is 39.3. The molecular weight excluding hydrogens is 1550 g/mol. The van der Waals surface area contributed by atoms with E-state index in [4.69, 9.17) is 35.5 Å². The fourth-order valence-electron chi connectivity index (χ4n) is 12.2. The van der Waals surface area contributed by atoms with Gasteiger partial charge in [-0.15, -0.1) is 0 Å². The highest BCUT2D eigenvalue weighted by atomic mass is 19.2. The third-order valence-electron chi connectivity index (χ3n) is 17.7. The zero-order valence-electron chi connectivity index (χ0n) is 68.2. The van der Waals surface area contributed by atoms with Crippen LogP contribution in [-0.4, -0.2) is 173 Å². The lowest BCUT2D eigenvalue weighted by atomic mass is 9.98. The zero-order valence-corrected chi connectivity index (χ0v) is 68.2. The smallest absolute Gasteiger partial charge is 0.412 e. The average molecular weight is 1650 g/mol. The molecule has 0 atom stereocenters. The normalized spacial score (nSPS) is 13.6. The maximum atomic E-state index is 13.9. The minimum atomic E-state index is -1.04. The number of ether oxygens (including phenoxy) is 4. The second-order valence-electron chi connectivity index (χ2n) is 31.9. The number of nitrogens with two attached hydrogens (primary N) is 2. The number of anilines is 8. The lowest BCUT2D eigenvalue weighted by Crippen LogP contribution is -2.50. The van der Waals surface area contributed by atoms with Gasteiger partial charge in [0.2, 0.25) is 0 Å². The Kier molecular flexibility index (Phi) is 29.7. The van der Waals surface area contributed by atoms with E-state index in [-0.39, 0.29) is 58.4 Å². The number of piperazine rings is 3. The summed E-state index contributed by atoms with van der Waals surface area (Å²) >= 11 is 0. The number of aromatic carboxylic acids is 1. The first kappa shape index (κ1) is 89.9. The first-order valence-corrected chi connectivity index (χ1v) is 38.1. The summed E-state index contributed by atoms with van der Waals surface area (Å²) in [4.78, 5) is 108. The Bertz CT molecular complexity index is 5040.